The monoisotopic (exact) mass is 447 g/mol. The largest absolute Gasteiger partial charge is 0.481 e. The molecule has 3 rings (SSSR count). The third kappa shape index (κ3) is 6.80. The number of rotatable bonds is 10. The minimum Gasteiger partial charge on any atom is -0.481 e. The van der Waals surface area contributed by atoms with Gasteiger partial charge < -0.3 is 21.1 Å². The number of benzene rings is 3. The summed E-state index contributed by atoms with van der Waals surface area (Å²) >= 11 is 0. The normalized spacial score (nSPS) is 11.7. The van der Waals surface area contributed by atoms with Crippen molar-refractivity contribution in [3.05, 3.63) is 77.9 Å². The van der Waals surface area contributed by atoms with Crippen LogP contribution in [0.4, 0.5) is 5.69 Å². The summed E-state index contributed by atoms with van der Waals surface area (Å²) in [4.78, 5) is 35.7. The molecular formula is C26H29N3O4. The fourth-order valence-electron chi connectivity index (χ4n) is 3.59. The highest BCUT2D eigenvalue weighted by atomic mass is 16.4. The molecule has 33 heavy (non-hydrogen) atoms. The predicted octanol–water partition coefficient (Wildman–Crippen LogP) is 3.59. The van der Waals surface area contributed by atoms with E-state index < -0.39 is 12.0 Å². The van der Waals surface area contributed by atoms with E-state index in [9.17, 15) is 14.4 Å². The lowest BCUT2D eigenvalue weighted by atomic mass is 9.98. The first-order valence-corrected chi connectivity index (χ1v) is 11.0. The quantitative estimate of drug-likeness (QED) is 0.380. The van der Waals surface area contributed by atoms with Gasteiger partial charge in [-0.3, -0.25) is 14.4 Å². The SMILES string of the molecule is CC(C)NC(=O)C(Cc1cccc2ccccc12)Nc1ccc(C(=O)NCCC(=O)O)cc1. The van der Waals surface area contributed by atoms with Crippen LogP contribution in [-0.4, -0.2) is 41.5 Å². The molecule has 0 saturated carbocycles. The molecule has 1 unspecified atom stereocenters. The minimum atomic E-state index is -0.966. The highest BCUT2D eigenvalue weighted by Crippen LogP contribution is 2.21. The van der Waals surface area contributed by atoms with Gasteiger partial charge in [-0.2, -0.15) is 0 Å². The molecule has 0 aliphatic rings. The Kier molecular flexibility index (Phi) is 8.02. The zero-order valence-electron chi connectivity index (χ0n) is 18.8. The van der Waals surface area contributed by atoms with Crippen molar-refractivity contribution in [1.82, 2.24) is 10.6 Å². The molecular weight excluding hydrogens is 418 g/mol. The number of nitrogens with one attached hydrogen (secondary N) is 3. The molecule has 0 bridgehead atoms. The number of fused-ring (bicyclic) bond motifs is 1. The van der Waals surface area contributed by atoms with Crippen molar-refractivity contribution in [2.75, 3.05) is 11.9 Å². The Morgan fingerprint density at radius 2 is 1.61 bits per heavy atom. The van der Waals surface area contributed by atoms with Gasteiger partial charge in [0.1, 0.15) is 6.04 Å². The van der Waals surface area contributed by atoms with E-state index in [2.05, 4.69) is 34.1 Å². The molecule has 0 aromatic heterocycles. The maximum Gasteiger partial charge on any atom is 0.305 e. The van der Waals surface area contributed by atoms with E-state index in [-0.39, 0.29) is 30.8 Å². The maximum absolute atomic E-state index is 13.0. The van der Waals surface area contributed by atoms with E-state index in [1.807, 2.05) is 38.1 Å². The smallest absolute Gasteiger partial charge is 0.305 e. The highest BCUT2D eigenvalue weighted by molar-refractivity contribution is 5.95. The van der Waals surface area contributed by atoms with Crippen LogP contribution in [0.2, 0.25) is 0 Å². The molecule has 3 aromatic carbocycles. The van der Waals surface area contributed by atoms with Gasteiger partial charge in [-0.1, -0.05) is 42.5 Å². The molecule has 0 spiro atoms. The summed E-state index contributed by atoms with van der Waals surface area (Å²) < 4.78 is 0. The Morgan fingerprint density at radius 3 is 2.30 bits per heavy atom. The first-order chi connectivity index (χ1) is 15.8. The van der Waals surface area contributed by atoms with Crippen LogP contribution < -0.4 is 16.0 Å². The average Bonchev–Trinajstić information content (AvgIpc) is 2.78. The maximum atomic E-state index is 13.0. The van der Waals surface area contributed by atoms with E-state index in [1.54, 1.807) is 24.3 Å². The van der Waals surface area contributed by atoms with Gasteiger partial charge in [-0.05, 0) is 54.4 Å². The van der Waals surface area contributed by atoms with E-state index in [4.69, 9.17) is 5.11 Å². The number of aliphatic carboxylic acids is 1. The third-order valence-corrected chi connectivity index (χ3v) is 5.16. The summed E-state index contributed by atoms with van der Waals surface area (Å²) in [6.45, 7) is 3.91. The first kappa shape index (κ1) is 23.8. The number of hydrogen-bond donors (Lipinski definition) is 4. The van der Waals surface area contributed by atoms with E-state index >= 15 is 0 Å². The van der Waals surface area contributed by atoms with E-state index in [0.29, 0.717) is 17.7 Å². The van der Waals surface area contributed by atoms with Crippen LogP contribution in [0.5, 0.6) is 0 Å². The van der Waals surface area contributed by atoms with E-state index in [0.717, 1.165) is 16.3 Å². The van der Waals surface area contributed by atoms with Crippen molar-refractivity contribution < 1.29 is 19.5 Å². The molecule has 7 heteroatoms. The number of carbonyl (C=O) groups is 3. The molecule has 7 nitrogen and oxygen atoms in total. The molecule has 0 radical (unpaired) electrons. The second-order valence-electron chi connectivity index (χ2n) is 8.18. The van der Waals surface area contributed by atoms with Gasteiger partial charge >= 0.3 is 5.97 Å². The second kappa shape index (κ2) is 11.1. The van der Waals surface area contributed by atoms with Crippen LogP contribution in [0.3, 0.4) is 0 Å². The third-order valence-electron chi connectivity index (χ3n) is 5.16. The van der Waals surface area contributed by atoms with Crippen LogP contribution in [0.25, 0.3) is 10.8 Å². The van der Waals surface area contributed by atoms with Gasteiger partial charge in [0.2, 0.25) is 5.91 Å². The highest BCUT2D eigenvalue weighted by Gasteiger charge is 2.21. The molecule has 3 aromatic rings. The van der Waals surface area contributed by atoms with Gasteiger partial charge in [-0.15, -0.1) is 0 Å². The van der Waals surface area contributed by atoms with Crippen molar-refractivity contribution in [1.29, 1.82) is 0 Å². The van der Waals surface area contributed by atoms with Gasteiger partial charge in [-0.25, -0.2) is 0 Å². The zero-order valence-corrected chi connectivity index (χ0v) is 18.8. The zero-order chi connectivity index (χ0) is 23.8. The molecule has 0 saturated heterocycles. The van der Waals surface area contributed by atoms with Crippen molar-refractivity contribution in [2.24, 2.45) is 0 Å². The lowest BCUT2D eigenvalue weighted by Crippen LogP contribution is -2.44. The van der Waals surface area contributed by atoms with Crippen LogP contribution >= 0.6 is 0 Å². The molecule has 0 fully saturated rings. The van der Waals surface area contributed by atoms with Crippen molar-refractivity contribution in [2.45, 2.75) is 38.8 Å². The molecule has 0 aliphatic heterocycles. The van der Waals surface area contributed by atoms with Crippen LogP contribution in [0.15, 0.2) is 66.7 Å². The Hall–Kier alpha value is -3.87. The van der Waals surface area contributed by atoms with Crippen molar-refractivity contribution in [3.8, 4) is 0 Å². The van der Waals surface area contributed by atoms with Crippen molar-refractivity contribution >= 4 is 34.2 Å². The number of carbonyl (C=O) groups excluding carboxylic acids is 2. The minimum absolute atomic E-state index is 0.00573. The molecule has 1 atom stereocenters. The average molecular weight is 448 g/mol. The van der Waals surface area contributed by atoms with E-state index in [1.165, 1.54) is 0 Å². The Morgan fingerprint density at radius 1 is 0.909 bits per heavy atom. The summed E-state index contributed by atoms with van der Waals surface area (Å²) in [7, 11) is 0. The van der Waals surface area contributed by atoms with Crippen LogP contribution in [0.1, 0.15) is 36.2 Å². The second-order valence-corrected chi connectivity index (χ2v) is 8.18. The standard InChI is InChI=1S/C26H29N3O4/c1-17(2)28-26(33)23(16-20-8-5-7-18-6-3-4-9-22(18)20)29-21-12-10-19(11-13-21)25(32)27-15-14-24(30)31/h3-13,17,23,29H,14-16H2,1-2H3,(H,27,32)(H,28,33)(H,30,31). The van der Waals surface area contributed by atoms with Gasteiger partial charge in [0.15, 0.2) is 0 Å². The predicted molar refractivity (Wildman–Crippen MR) is 129 cm³/mol. The molecule has 4 N–H and O–H groups in total. The Labute approximate surface area is 193 Å². The topological polar surface area (TPSA) is 108 Å². The molecule has 0 heterocycles. The fraction of sp³-hybridized carbons (Fsp3) is 0.269. The van der Waals surface area contributed by atoms with Gasteiger partial charge in [0.05, 0.1) is 6.42 Å². The van der Waals surface area contributed by atoms with Crippen LogP contribution in [0, 0.1) is 0 Å². The lowest BCUT2D eigenvalue weighted by Gasteiger charge is -2.22. The summed E-state index contributed by atoms with van der Waals surface area (Å²) in [6.07, 6.45) is 0.365. The number of hydrogen-bond acceptors (Lipinski definition) is 4. The summed E-state index contributed by atoms with van der Waals surface area (Å²) in [5, 5.41) is 19.8. The summed E-state index contributed by atoms with van der Waals surface area (Å²) in [5.74, 6) is -1.41. The van der Waals surface area contributed by atoms with Gasteiger partial charge in [0, 0.05) is 30.3 Å². The number of carboxylic acids is 1. The molecule has 172 valence electrons. The lowest BCUT2D eigenvalue weighted by molar-refractivity contribution is -0.136. The first-order valence-electron chi connectivity index (χ1n) is 11.0. The number of carboxylic acid groups (broad SMARTS) is 1. The molecule has 2 amide bonds. The van der Waals surface area contributed by atoms with Crippen molar-refractivity contribution in [3.63, 3.8) is 0 Å². The Bertz CT molecular complexity index is 1120. The fourth-order valence-corrected chi connectivity index (χ4v) is 3.59. The Balaban J connectivity index is 1.76. The number of anilines is 1. The van der Waals surface area contributed by atoms with Crippen LogP contribution in [-0.2, 0) is 16.0 Å². The van der Waals surface area contributed by atoms with Gasteiger partial charge in [0.25, 0.3) is 5.91 Å². The molecule has 0 aliphatic carbocycles. The number of amides is 2. The summed E-state index contributed by atoms with van der Waals surface area (Å²) in [6, 6.07) is 20.4. The summed E-state index contributed by atoms with van der Waals surface area (Å²) in [5.41, 5.74) is 2.20.